The quantitative estimate of drug-likeness (QED) is 0.872. The summed E-state index contributed by atoms with van der Waals surface area (Å²) in [6, 6.07) is 9.48. The third-order valence-corrected chi connectivity index (χ3v) is 4.95. The molecule has 0 amide bonds. The van der Waals surface area contributed by atoms with Gasteiger partial charge in [0.05, 0.1) is 12.8 Å². The summed E-state index contributed by atoms with van der Waals surface area (Å²) in [4.78, 5) is 11.7. The van der Waals surface area contributed by atoms with E-state index in [1.807, 2.05) is 19.2 Å². The summed E-state index contributed by atoms with van der Waals surface area (Å²) in [6.45, 7) is 2.95. The summed E-state index contributed by atoms with van der Waals surface area (Å²) in [5, 5.41) is 0. The Bertz CT molecular complexity index is 700. The van der Waals surface area contributed by atoms with Crippen molar-refractivity contribution in [2.24, 2.45) is 0 Å². The van der Waals surface area contributed by atoms with Crippen LogP contribution in [0.15, 0.2) is 30.5 Å². The SMILES string of the molecule is COc1cccc(CN2[C@H]3CC[C@H]2c2cnc(C)nc2C3)c1. The molecule has 2 aliphatic rings. The van der Waals surface area contributed by atoms with E-state index < -0.39 is 0 Å². The van der Waals surface area contributed by atoms with Crippen LogP contribution in [-0.4, -0.2) is 28.0 Å². The lowest BCUT2D eigenvalue weighted by Crippen LogP contribution is -2.37. The Hall–Kier alpha value is -1.94. The van der Waals surface area contributed by atoms with Crippen LogP contribution in [0.2, 0.25) is 0 Å². The Labute approximate surface area is 131 Å². The maximum absolute atomic E-state index is 5.34. The number of ether oxygens (including phenoxy) is 1. The lowest BCUT2D eigenvalue weighted by Gasteiger charge is -2.35. The van der Waals surface area contributed by atoms with E-state index in [-0.39, 0.29) is 0 Å². The number of hydrogen-bond acceptors (Lipinski definition) is 4. The van der Waals surface area contributed by atoms with Gasteiger partial charge in [-0.05, 0) is 37.5 Å². The molecule has 114 valence electrons. The summed E-state index contributed by atoms with van der Waals surface area (Å²) in [6.07, 6.45) is 5.57. The van der Waals surface area contributed by atoms with Crippen LogP contribution >= 0.6 is 0 Å². The molecule has 4 heteroatoms. The molecule has 2 bridgehead atoms. The zero-order chi connectivity index (χ0) is 15.1. The predicted octanol–water partition coefficient (Wildman–Crippen LogP) is 3.06. The molecule has 3 heterocycles. The fourth-order valence-electron chi connectivity index (χ4n) is 3.90. The number of hydrogen-bond donors (Lipinski definition) is 0. The molecule has 1 aromatic heterocycles. The van der Waals surface area contributed by atoms with Crippen molar-refractivity contribution in [3.63, 3.8) is 0 Å². The molecule has 0 N–H and O–H groups in total. The Morgan fingerprint density at radius 1 is 1.32 bits per heavy atom. The molecule has 0 saturated carbocycles. The van der Waals surface area contributed by atoms with Gasteiger partial charge < -0.3 is 4.74 Å². The molecule has 0 unspecified atom stereocenters. The van der Waals surface area contributed by atoms with Crippen molar-refractivity contribution in [2.75, 3.05) is 7.11 Å². The number of rotatable bonds is 3. The van der Waals surface area contributed by atoms with Crippen molar-refractivity contribution in [3.05, 3.63) is 53.1 Å². The standard InChI is InChI=1S/C18H21N3O/c1-12-19-10-16-17(20-12)9-14-6-7-18(16)21(14)11-13-4-3-5-15(8-13)22-2/h3-5,8,10,14,18H,6-7,9,11H2,1-2H3/t14-,18-/m0/s1. The van der Waals surface area contributed by atoms with Gasteiger partial charge in [-0.1, -0.05) is 12.1 Å². The molecule has 2 aliphatic heterocycles. The van der Waals surface area contributed by atoms with Crippen LogP contribution in [-0.2, 0) is 13.0 Å². The second-order valence-corrected chi connectivity index (χ2v) is 6.29. The fraction of sp³-hybridized carbons (Fsp3) is 0.444. The average molecular weight is 295 g/mol. The fourth-order valence-corrected chi connectivity index (χ4v) is 3.90. The smallest absolute Gasteiger partial charge is 0.125 e. The molecule has 2 aromatic rings. The first-order chi connectivity index (χ1) is 10.7. The van der Waals surface area contributed by atoms with E-state index in [0.717, 1.165) is 24.5 Å². The van der Waals surface area contributed by atoms with Crippen molar-refractivity contribution in [2.45, 2.75) is 44.8 Å². The highest BCUT2D eigenvalue weighted by Gasteiger charge is 2.40. The van der Waals surface area contributed by atoms with E-state index in [1.165, 1.54) is 29.7 Å². The summed E-state index contributed by atoms with van der Waals surface area (Å²) in [5.74, 6) is 1.82. The third kappa shape index (κ3) is 2.28. The van der Waals surface area contributed by atoms with Crippen LogP contribution in [0, 0.1) is 6.92 Å². The zero-order valence-corrected chi connectivity index (χ0v) is 13.1. The molecule has 4 rings (SSSR count). The van der Waals surface area contributed by atoms with Crippen LogP contribution in [0.3, 0.4) is 0 Å². The van der Waals surface area contributed by atoms with E-state index in [9.17, 15) is 0 Å². The summed E-state index contributed by atoms with van der Waals surface area (Å²) in [5.41, 5.74) is 3.91. The van der Waals surface area contributed by atoms with E-state index in [2.05, 4.69) is 33.1 Å². The van der Waals surface area contributed by atoms with Gasteiger partial charge >= 0.3 is 0 Å². The highest BCUT2D eigenvalue weighted by Crippen LogP contribution is 2.43. The topological polar surface area (TPSA) is 38.2 Å². The maximum Gasteiger partial charge on any atom is 0.125 e. The molecule has 1 saturated heterocycles. The van der Waals surface area contributed by atoms with Crippen LogP contribution in [0.5, 0.6) is 5.75 Å². The molecule has 1 fully saturated rings. The maximum atomic E-state index is 5.34. The van der Waals surface area contributed by atoms with Gasteiger partial charge in [0.15, 0.2) is 0 Å². The van der Waals surface area contributed by atoms with Gasteiger partial charge in [-0.2, -0.15) is 0 Å². The Kier molecular flexibility index (Phi) is 3.34. The summed E-state index contributed by atoms with van der Waals surface area (Å²) in [7, 11) is 1.72. The number of nitrogens with zero attached hydrogens (tertiary/aromatic N) is 3. The number of benzene rings is 1. The van der Waals surface area contributed by atoms with Crippen molar-refractivity contribution < 1.29 is 4.74 Å². The molecule has 2 atom stereocenters. The van der Waals surface area contributed by atoms with Gasteiger partial charge in [0, 0.05) is 36.8 Å². The van der Waals surface area contributed by atoms with E-state index in [0.29, 0.717) is 12.1 Å². The van der Waals surface area contributed by atoms with Gasteiger partial charge in [-0.15, -0.1) is 0 Å². The van der Waals surface area contributed by atoms with Crippen LogP contribution in [0.25, 0.3) is 0 Å². The number of aryl methyl sites for hydroxylation is 1. The van der Waals surface area contributed by atoms with Crippen LogP contribution in [0.4, 0.5) is 0 Å². The van der Waals surface area contributed by atoms with Crippen molar-refractivity contribution >= 4 is 0 Å². The van der Waals surface area contributed by atoms with Crippen molar-refractivity contribution in [1.29, 1.82) is 0 Å². The van der Waals surface area contributed by atoms with Gasteiger partial charge in [0.2, 0.25) is 0 Å². The molecule has 0 spiro atoms. The van der Waals surface area contributed by atoms with Crippen LogP contribution in [0.1, 0.15) is 41.5 Å². The molecule has 1 aromatic carbocycles. The van der Waals surface area contributed by atoms with Gasteiger partial charge in [0.1, 0.15) is 11.6 Å². The second-order valence-electron chi connectivity index (χ2n) is 6.29. The first kappa shape index (κ1) is 13.7. The van der Waals surface area contributed by atoms with E-state index in [1.54, 1.807) is 7.11 Å². The summed E-state index contributed by atoms with van der Waals surface area (Å²) < 4.78 is 5.34. The Morgan fingerprint density at radius 3 is 3.09 bits per heavy atom. The Balaban J connectivity index is 1.62. The predicted molar refractivity (Wildman–Crippen MR) is 84.8 cm³/mol. The minimum absolute atomic E-state index is 0.473. The first-order valence-corrected chi connectivity index (χ1v) is 7.95. The van der Waals surface area contributed by atoms with Gasteiger partial charge in [-0.3, -0.25) is 4.90 Å². The first-order valence-electron chi connectivity index (χ1n) is 7.95. The molecular formula is C18H21N3O. The second kappa shape index (κ2) is 5.36. The highest BCUT2D eigenvalue weighted by molar-refractivity contribution is 5.31. The lowest BCUT2D eigenvalue weighted by molar-refractivity contribution is 0.166. The van der Waals surface area contributed by atoms with Crippen LogP contribution < -0.4 is 4.74 Å². The molecule has 0 radical (unpaired) electrons. The largest absolute Gasteiger partial charge is 0.497 e. The highest BCUT2D eigenvalue weighted by atomic mass is 16.5. The van der Waals surface area contributed by atoms with Gasteiger partial charge in [0.25, 0.3) is 0 Å². The number of methoxy groups -OCH3 is 1. The summed E-state index contributed by atoms with van der Waals surface area (Å²) >= 11 is 0. The van der Waals surface area contributed by atoms with Gasteiger partial charge in [-0.25, -0.2) is 9.97 Å². The number of fused-ring (bicyclic) bond motifs is 4. The molecule has 4 nitrogen and oxygen atoms in total. The minimum atomic E-state index is 0.473. The van der Waals surface area contributed by atoms with Crippen molar-refractivity contribution in [1.82, 2.24) is 14.9 Å². The lowest BCUT2D eigenvalue weighted by atomic mass is 9.98. The molecular weight excluding hydrogens is 274 g/mol. The molecule has 0 aliphatic carbocycles. The average Bonchev–Trinajstić information content (AvgIpc) is 2.80. The van der Waals surface area contributed by atoms with Crippen molar-refractivity contribution in [3.8, 4) is 5.75 Å². The normalized spacial score (nSPS) is 23.4. The monoisotopic (exact) mass is 295 g/mol. The molecule has 22 heavy (non-hydrogen) atoms. The third-order valence-electron chi connectivity index (χ3n) is 4.95. The van der Waals surface area contributed by atoms with E-state index >= 15 is 0 Å². The minimum Gasteiger partial charge on any atom is -0.497 e. The van der Waals surface area contributed by atoms with E-state index in [4.69, 9.17) is 4.74 Å². The zero-order valence-electron chi connectivity index (χ0n) is 13.1. The Morgan fingerprint density at radius 2 is 2.23 bits per heavy atom. The number of aromatic nitrogens is 2.